The van der Waals surface area contributed by atoms with Gasteiger partial charge >= 0.3 is 7.82 Å². The van der Waals surface area contributed by atoms with Gasteiger partial charge < -0.3 is 19.6 Å². The molecule has 0 radical (unpaired) electrons. The summed E-state index contributed by atoms with van der Waals surface area (Å²) in [4.78, 5) is 23.9. The molecule has 0 aromatic carbocycles. The zero-order chi connectivity index (χ0) is 12.9. The lowest BCUT2D eigenvalue weighted by Crippen LogP contribution is -2.21. The molecule has 3 N–H and O–H groups in total. The lowest BCUT2D eigenvalue weighted by atomic mass is 10.5. The first-order valence-electron chi connectivity index (χ1n) is 4.58. The molecule has 6 nitrogen and oxygen atoms in total. The average Bonchev–Trinajstić information content (AvgIpc) is 2.06. The molecule has 0 unspecified atom stereocenters. The van der Waals surface area contributed by atoms with E-state index in [1.165, 1.54) is 26.6 Å². The van der Waals surface area contributed by atoms with Gasteiger partial charge in [-0.05, 0) is 19.6 Å². The van der Waals surface area contributed by atoms with Crippen molar-refractivity contribution in [3.8, 4) is 6.07 Å². The van der Waals surface area contributed by atoms with E-state index in [0.29, 0.717) is 0 Å². The first kappa shape index (κ1) is 20.0. The zero-order valence-corrected chi connectivity index (χ0v) is 10.6. The Morgan fingerprint density at radius 2 is 1.27 bits per heavy atom. The van der Waals surface area contributed by atoms with Crippen molar-refractivity contribution in [1.82, 2.24) is 4.90 Å². The molecule has 0 atom stereocenters. The van der Waals surface area contributed by atoms with E-state index in [2.05, 4.69) is 25.7 Å². The van der Waals surface area contributed by atoms with Gasteiger partial charge in [-0.25, -0.2) is 4.57 Å². The standard InChI is InChI=1S/C6H15N.C2H3N.H3O4P/c1-4-7(5-2)6-3;1-2-3;1-5(2,3)4/h4-6H2,1-3H3;1H3;(H3,1,2,3,4). The Balaban J connectivity index is -0.000000158. The minimum Gasteiger partial charge on any atom is -0.304 e. The van der Waals surface area contributed by atoms with Gasteiger partial charge in [0.2, 0.25) is 0 Å². The van der Waals surface area contributed by atoms with Crippen molar-refractivity contribution in [1.29, 1.82) is 5.26 Å². The molecule has 0 fully saturated rings. The maximum absolute atomic E-state index is 8.88. The molecule has 0 spiro atoms. The third kappa shape index (κ3) is 58.6. The Morgan fingerprint density at radius 1 is 1.13 bits per heavy atom. The second kappa shape index (κ2) is 13.6. The van der Waals surface area contributed by atoms with Crippen molar-refractivity contribution in [2.45, 2.75) is 27.7 Å². The molecule has 0 rings (SSSR count). The minimum absolute atomic E-state index is 1.19. The van der Waals surface area contributed by atoms with Crippen molar-refractivity contribution in [2.24, 2.45) is 0 Å². The van der Waals surface area contributed by atoms with Gasteiger partial charge in [-0.2, -0.15) is 5.26 Å². The van der Waals surface area contributed by atoms with Crippen LogP contribution in [0.25, 0.3) is 0 Å². The fourth-order valence-corrected chi connectivity index (χ4v) is 0.671. The molecule has 0 aromatic heterocycles. The van der Waals surface area contributed by atoms with Gasteiger partial charge in [-0.1, -0.05) is 20.8 Å². The highest BCUT2D eigenvalue weighted by atomic mass is 31.2. The Morgan fingerprint density at radius 3 is 1.27 bits per heavy atom. The van der Waals surface area contributed by atoms with E-state index in [9.17, 15) is 0 Å². The van der Waals surface area contributed by atoms with Crippen LogP contribution in [0.1, 0.15) is 27.7 Å². The van der Waals surface area contributed by atoms with Gasteiger partial charge in [-0.15, -0.1) is 0 Å². The van der Waals surface area contributed by atoms with Gasteiger partial charge in [0, 0.05) is 6.92 Å². The Labute approximate surface area is 91.4 Å². The fourth-order valence-electron chi connectivity index (χ4n) is 0.671. The summed E-state index contributed by atoms with van der Waals surface area (Å²) in [7, 11) is -4.64. The number of hydrogen-bond donors (Lipinski definition) is 3. The number of nitriles is 1. The fraction of sp³-hybridized carbons (Fsp3) is 0.875. The summed E-state index contributed by atoms with van der Waals surface area (Å²) >= 11 is 0. The van der Waals surface area contributed by atoms with Crippen LogP contribution in [0, 0.1) is 11.3 Å². The highest BCUT2D eigenvalue weighted by Gasteiger charge is 2.00. The van der Waals surface area contributed by atoms with Gasteiger partial charge in [0.15, 0.2) is 0 Å². The van der Waals surface area contributed by atoms with E-state index in [0.717, 1.165) is 0 Å². The average molecular weight is 240 g/mol. The van der Waals surface area contributed by atoms with Crippen molar-refractivity contribution >= 4 is 7.82 Å². The van der Waals surface area contributed by atoms with Crippen LogP contribution in [0.3, 0.4) is 0 Å². The summed E-state index contributed by atoms with van der Waals surface area (Å²) in [5, 5.41) is 7.32. The highest BCUT2D eigenvalue weighted by Crippen LogP contribution is 2.25. The first-order chi connectivity index (χ1) is 6.76. The molecule has 0 aromatic rings. The van der Waals surface area contributed by atoms with Crippen LogP contribution < -0.4 is 0 Å². The van der Waals surface area contributed by atoms with Gasteiger partial charge in [0.05, 0.1) is 6.07 Å². The van der Waals surface area contributed by atoms with Crippen LogP contribution >= 0.6 is 7.82 Å². The molecule has 15 heavy (non-hydrogen) atoms. The molecule has 92 valence electrons. The van der Waals surface area contributed by atoms with E-state index >= 15 is 0 Å². The third-order valence-electron chi connectivity index (χ3n) is 1.34. The second-order valence-electron chi connectivity index (χ2n) is 2.36. The van der Waals surface area contributed by atoms with E-state index in [1.54, 1.807) is 6.07 Å². The van der Waals surface area contributed by atoms with Crippen LogP contribution in [0.2, 0.25) is 0 Å². The van der Waals surface area contributed by atoms with E-state index in [-0.39, 0.29) is 0 Å². The maximum atomic E-state index is 8.88. The summed E-state index contributed by atoms with van der Waals surface area (Å²) in [5.41, 5.74) is 0. The van der Waals surface area contributed by atoms with Crippen LogP contribution in [0.15, 0.2) is 0 Å². The molecular weight excluding hydrogens is 219 g/mol. The maximum Gasteiger partial charge on any atom is 0.466 e. The van der Waals surface area contributed by atoms with Crippen molar-refractivity contribution in [3.05, 3.63) is 0 Å². The summed E-state index contributed by atoms with van der Waals surface area (Å²) in [5.74, 6) is 0. The quantitative estimate of drug-likeness (QED) is 0.634. The monoisotopic (exact) mass is 240 g/mol. The van der Waals surface area contributed by atoms with Gasteiger partial charge in [0.25, 0.3) is 0 Å². The largest absolute Gasteiger partial charge is 0.466 e. The minimum atomic E-state index is -4.64. The normalized spacial score (nSPS) is 9.27. The molecule has 0 saturated heterocycles. The van der Waals surface area contributed by atoms with Gasteiger partial charge in [0.1, 0.15) is 0 Å². The van der Waals surface area contributed by atoms with Crippen molar-refractivity contribution in [2.75, 3.05) is 19.6 Å². The predicted octanol–water partition coefficient (Wildman–Crippen LogP) is 0.949. The summed E-state index contributed by atoms with van der Waals surface area (Å²) in [6.07, 6.45) is 0. The number of nitrogens with zero attached hydrogens (tertiary/aromatic N) is 2. The topological polar surface area (TPSA) is 105 Å². The Hall–Kier alpha value is -0.440. The molecule has 0 bridgehead atoms. The summed E-state index contributed by atoms with van der Waals surface area (Å²) in [6.45, 7) is 11.6. The van der Waals surface area contributed by atoms with E-state index < -0.39 is 7.82 Å². The molecule has 0 aliphatic heterocycles. The van der Waals surface area contributed by atoms with Crippen molar-refractivity contribution in [3.63, 3.8) is 0 Å². The van der Waals surface area contributed by atoms with Crippen molar-refractivity contribution < 1.29 is 19.2 Å². The molecule has 0 heterocycles. The van der Waals surface area contributed by atoms with Crippen LogP contribution in [-0.2, 0) is 4.57 Å². The Kier molecular flexibility index (Phi) is 18.1. The summed E-state index contributed by atoms with van der Waals surface area (Å²) in [6, 6.07) is 1.75. The zero-order valence-electron chi connectivity index (χ0n) is 9.71. The van der Waals surface area contributed by atoms with E-state index in [4.69, 9.17) is 24.5 Å². The molecule has 0 saturated carbocycles. The number of hydrogen-bond acceptors (Lipinski definition) is 3. The SMILES string of the molecule is CC#N.CCN(CC)CC.O=P(O)(O)O. The lowest BCUT2D eigenvalue weighted by molar-refractivity contribution is 0.275. The van der Waals surface area contributed by atoms with Crippen LogP contribution in [-0.4, -0.2) is 39.2 Å². The second-order valence-corrected chi connectivity index (χ2v) is 3.38. The van der Waals surface area contributed by atoms with Crippen LogP contribution in [0.4, 0.5) is 0 Å². The first-order valence-corrected chi connectivity index (χ1v) is 6.14. The van der Waals surface area contributed by atoms with Crippen LogP contribution in [0.5, 0.6) is 0 Å². The number of rotatable bonds is 3. The molecule has 0 amide bonds. The number of phosphoric acid groups is 1. The molecule has 0 aliphatic carbocycles. The lowest BCUT2D eigenvalue weighted by Gasteiger charge is -2.13. The molecule has 7 heteroatoms. The Bertz CT molecular complexity index is 182. The predicted molar refractivity (Wildman–Crippen MR) is 59.0 cm³/mol. The smallest absolute Gasteiger partial charge is 0.304 e. The third-order valence-corrected chi connectivity index (χ3v) is 1.34. The van der Waals surface area contributed by atoms with E-state index in [1.807, 2.05) is 0 Å². The molecular formula is C8H21N2O4P. The highest BCUT2D eigenvalue weighted by molar-refractivity contribution is 7.45. The summed E-state index contributed by atoms with van der Waals surface area (Å²) < 4.78 is 8.88. The van der Waals surface area contributed by atoms with Gasteiger partial charge in [-0.3, -0.25) is 0 Å². The molecule has 0 aliphatic rings.